The summed E-state index contributed by atoms with van der Waals surface area (Å²) in [5.41, 5.74) is 1.09. The molecule has 1 aromatic carbocycles. The lowest BCUT2D eigenvalue weighted by molar-refractivity contribution is -0.384. The SMILES string of the molecule is CN=C(Cl)/C(CC(=O)OC)=C(/Cl)N=CCc1ccc([N+](=O)[O-])cc1. The lowest BCUT2D eigenvalue weighted by Gasteiger charge is -2.05. The van der Waals surface area contributed by atoms with E-state index in [4.69, 9.17) is 23.2 Å². The van der Waals surface area contributed by atoms with Crippen LogP contribution in [0.25, 0.3) is 0 Å². The zero-order valence-corrected chi connectivity index (χ0v) is 14.5. The summed E-state index contributed by atoms with van der Waals surface area (Å²) in [6.07, 6.45) is 1.77. The van der Waals surface area contributed by atoms with Crippen molar-refractivity contribution in [3.8, 4) is 0 Å². The van der Waals surface area contributed by atoms with Gasteiger partial charge in [0.05, 0.1) is 18.5 Å². The summed E-state index contributed by atoms with van der Waals surface area (Å²) < 4.78 is 4.58. The fourth-order valence-corrected chi connectivity index (χ4v) is 2.08. The molecule has 9 heteroatoms. The number of nitro benzene ring substituents is 1. The molecule has 0 atom stereocenters. The number of rotatable bonds is 7. The molecule has 0 radical (unpaired) electrons. The molecule has 0 aliphatic heterocycles. The molecule has 0 aliphatic rings. The minimum atomic E-state index is -0.518. The third-order valence-electron chi connectivity index (χ3n) is 2.92. The monoisotopic (exact) mass is 371 g/mol. The molecule has 0 aromatic heterocycles. The highest BCUT2D eigenvalue weighted by Gasteiger charge is 2.14. The van der Waals surface area contributed by atoms with Gasteiger partial charge in [-0.2, -0.15) is 0 Å². The van der Waals surface area contributed by atoms with Crippen LogP contribution in [0.5, 0.6) is 0 Å². The molecule has 0 unspecified atom stereocenters. The van der Waals surface area contributed by atoms with Crippen LogP contribution in [-0.4, -0.2) is 36.4 Å². The summed E-state index contributed by atoms with van der Waals surface area (Å²) >= 11 is 12.0. The quantitative estimate of drug-likeness (QED) is 0.241. The third kappa shape index (κ3) is 6.10. The molecule has 0 heterocycles. The van der Waals surface area contributed by atoms with E-state index >= 15 is 0 Å². The molecule has 0 saturated heterocycles. The largest absolute Gasteiger partial charge is 0.469 e. The van der Waals surface area contributed by atoms with Crippen LogP contribution in [0.15, 0.2) is 45.0 Å². The van der Waals surface area contributed by atoms with E-state index in [2.05, 4.69) is 14.7 Å². The summed E-state index contributed by atoms with van der Waals surface area (Å²) in [4.78, 5) is 29.3. The number of nitro groups is 1. The highest BCUT2D eigenvalue weighted by atomic mass is 35.5. The molecule has 0 N–H and O–H groups in total. The molecule has 128 valence electrons. The Morgan fingerprint density at radius 2 is 1.96 bits per heavy atom. The number of esters is 1. The van der Waals surface area contributed by atoms with Gasteiger partial charge in [0.25, 0.3) is 5.69 Å². The molecule has 7 nitrogen and oxygen atoms in total. The van der Waals surface area contributed by atoms with Crippen molar-refractivity contribution < 1.29 is 14.5 Å². The van der Waals surface area contributed by atoms with Crippen molar-refractivity contribution in [1.29, 1.82) is 0 Å². The average Bonchev–Trinajstić information content (AvgIpc) is 2.58. The Bertz CT molecular complexity index is 697. The highest BCUT2D eigenvalue weighted by Crippen LogP contribution is 2.19. The van der Waals surface area contributed by atoms with E-state index in [1.54, 1.807) is 12.1 Å². The second-order valence-electron chi connectivity index (χ2n) is 4.48. The van der Waals surface area contributed by atoms with Crippen molar-refractivity contribution in [2.45, 2.75) is 12.8 Å². The van der Waals surface area contributed by atoms with Gasteiger partial charge in [-0.15, -0.1) is 0 Å². The Morgan fingerprint density at radius 3 is 2.46 bits per heavy atom. The number of methoxy groups -OCH3 is 1. The predicted molar refractivity (Wildman–Crippen MR) is 94.0 cm³/mol. The minimum absolute atomic E-state index is 0.0138. The zero-order valence-electron chi connectivity index (χ0n) is 13.0. The van der Waals surface area contributed by atoms with Gasteiger partial charge in [-0.3, -0.25) is 19.9 Å². The van der Waals surface area contributed by atoms with Crippen molar-refractivity contribution in [3.63, 3.8) is 0 Å². The smallest absolute Gasteiger partial charge is 0.310 e. The Labute approximate surface area is 148 Å². The maximum Gasteiger partial charge on any atom is 0.310 e. The normalized spacial score (nSPS) is 12.9. The highest BCUT2D eigenvalue weighted by molar-refractivity contribution is 6.70. The second kappa shape index (κ2) is 9.79. The molecule has 1 aromatic rings. The first-order chi connectivity index (χ1) is 11.4. The number of carbonyl (C=O) groups is 1. The number of halogens is 2. The van der Waals surface area contributed by atoms with Gasteiger partial charge in [0.1, 0.15) is 10.3 Å². The standard InChI is InChI=1S/C15H15Cl2N3O4/c1-18-14(16)12(9-13(21)24-2)15(17)19-8-7-10-3-5-11(6-4-10)20(22)23/h3-6,8H,7,9H2,1-2H3/b15-12-,18-14?,19-8?. The van der Waals surface area contributed by atoms with Crippen LogP contribution in [0, 0.1) is 10.1 Å². The lowest BCUT2D eigenvalue weighted by atomic mass is 10.1. The van der Waals surface area contributed by atoms with Crippen molar-refractivity contribution in [3.05, 3.63) is 50.7 Å². The maximum atomic E-state index is 11.4. The predicted octanol–water partition coefficient (Wildman–Crippen LogP) is 3.49. The van der Waals surface area contributed by atoms with Crippen molar-refractivity contribution in [1.82, 2.24) is 0 Å². The molecular formula is C15H15Cl2N3O4. The summed E-state index contributed by atoms with van der Waals surface area (Å²) in [5, 5.41) is 10.7. The number of ether oxygens (including phenoxy) is 1. The summed E-state index contributed by atoms with van der Waals surface area (Å²) in [7, 11) is 2.72. The first kappa shape index (κ1) is 19.8. The van der Waals surface area contributed by atoms with Crippen LogP contribution in [0.2, 0.25) is 0 Å². The van der Waals surface area contributed by atoms with Crippen LogP contribution in [0.3, 0.4) is 0 Å². The molecule has 0 amide bonds. The van der Waals surface area contributed by atoms with E-state index in [0.29, 0.717) is 6.42 Å². The molecule has 24 heavy (non-hydrogen) atoms. The Morgan fingerprint density at radius 1 is 1.33 bits per heavy atom. The summed E-state index contributed by atoms with van der Waals surface area (Å²) in [6.45, 7) is 0. The van der Waals surface area contributed by atoms with Gasteiger partial charge < -0.3 is 4.74 Å². The van der Waals surface area contributed by atoms with E-state index in [-0.39, 0.29) is 28.0 Å². The number of hydrogen-bond donors (Lipinski definition) is 0. The Balaban J connectivity index is 2.87. The van der Waals surface area contributed by atoms with Crippen molar-refractivity contribution >= 4 is 46.2 Å². The van der Waals surface area contributed by atoms with Crippen molar-refractivity contribution in [2.75, 3.05) is 14.2 Å². The van der Waals surface area contributed by atoms with Crippen LogP contribution in [-0.2, 0) is 16.0 Å². The van der Waals surface area contributed by atoms with Gasteiger partial charge in [0.2, 0.25) is 0 Å². The number of benzene rings is 1. The number of carbonyl (C=O) groups excluding carboxylic acids is 1. The molecular weight excluding hydrogens is 357 g/mol. The molecule has 0 aliphatic carbocycles. The zero-order chi connectivity index (χ0) is 18.1. The van der Waals surface area contributed by atoms with Crippen LogP contribution >= 0.6 is 23.2 Å². The number of aliphatic imine (C=N–C) groups is 2. The van der Waals surface area contributed by atoms with E-state index in [0.717, 1.165) is 5.56 Å². The Hall–Kier alpha value is -2.25. The van der Waals surface area contributed by atoms with E-state index < -0.39 is 10.9 Å². The summed E-state index contributed by atoms with van der Waals surface area (Å²) in [6, 6.07) is 6.06. The first-order valence-electron chi connectivity index (χ1n) is 6.73. The Kier molecular flexibility index (Phi) is 8.08. The molecule has 0 saturated carbocycles. The minimum Gasteiger partial charge on any atom is -0.469 e. The maximum absolute atomic E-state index is 11.4. The van der Waals surface area contributed by atoms with Gasteiger partial charge in [-0.1, -0.05) is 35.3 Å². The molecule has 1 rings (SSSR count). The van der Waals surface area contributed by atoms with Crippen LogP contribution < -0.4 is 0 Å². The fraction of sp³-hybridized carbons (Fsp3) is 0.267. The van der Waals surface area contributed by atoms with Gasteiger partial charge in [-0.05, 0) is 5.56 Å². The van der Waals surface area contributed by atoms with E-state index in [9.17, 15) is 14.9 Å². The van der Waals surface area contributed by atoms with Gasteiger partial charge in [0, 0.05) is 37.4 Å². The summed E-state index contributed by atoms with van der Waals surface area (Å²) in [5.74, 6) is -0.518. The number of nitrogens with zero attached hydrogens (tertiary/aromatic N) is 3. The molecule has 0 bridgehead atoms. The topological polar surface area (TPSA) is 94.2 Å². The second-order valence-corrected chi connectivity index (χ2v) is 5.19. The van der Waals surface area contributed by atoms with E-state index in [1.165, 1.54) is 32.5 Å². The van der Waals surface area contributed by atoms with Crippen LogP contribution in [0.1, 0.15) is 12.0 Å². The number of non-ortho nitro benzene ring substituents is 1. The molecule has 0 spiro atoms. The number of hydrogen-bond acceptors (Lipinski definition) is 6. The fourth-order valence-electron chi connectivity index (χ4n) is 1.65. The third-order valence-corrected chi connectivity index (χ3v) is 3.64. The van der Waals surface area contributed by atoms with Gasteiger partial charge >= 0.3 is 5.97 Å². The average molecular weight is 372 g/mol. The molecule has 0 fully saturated rings. The van der Waals surface area contributed by atoms with Crippen LogP contribution in [0.4, 0.5) is 5.69 Å². The lowest BCUT2D eigenvalue weighted by Crippen LogP contribution is -2.07. The van der Waals surface area contributed by atoms with Gasteiger partial charge in [0.15, 0.2) is 0 Å². The first-order valence-corrected chi connectivity index (χ1v) is 7.48. The van der Waals surface area contributed by atoms with E-state index in [1.807, 2.05) is 0 Å². The van der Waals surface area contributed by atoms with Gasteiger partial charge in [-0.25, -0.2) is 4.99 Å². The van der Waals surface area contributed by atoms with Crippen molar-refractivity contribution in [2.24, 2.45) is 9.98 Å².